The van der Waals surface area contributed by atoms with Crippen LogP contribution in [0.4, 0.5) is 5.00 Å². The molecule has 2 N–H and O–H groups in total. The van der Waals surface area contributed by atoms with E-state index in [-0.39, 0.29) is 12.1 Å². The number of hydrogen-bond acceptors (Lipinski definition) is 5. The first kappa shape index (κ1) is 17.8. The first-order valence-electron chi connectivity index (χ1n) is 7.91. The number of ether oxygens (including phenoxy) is 1. The molecule has 2 aliphatic heterocycles. The van der Waals surface area contributed by atoms with E-state index in [1.54, 1.807) is 18.4 Å². The minimum absolute atomic E-state index is 0.0109. The second-order valence-electron chi connectivity index (χ2n) is 6.26. The fourth-order valence-corrected chi connectivity index (χ4v) is 6.87. The number of rotatable bonds is 2. The highest BCUT2D eigenvalue weighted by atomic mass is 127. The Morgan fingerprint density at radius 1 is 1.32 bits per heavy atom. The van der Waals surface area contributed by atoms with E-state index in [9.17, 15) is 4.79 Å². The molecule has 8 heteroatoms. The van der Waals surface area contributed by atoms with Crippen molar-refractivity contribution in [3.63, 3.8) is 0 Å². The number of nitrogens with one attached hydrogen (secondary N) is 2. The van der Waals surface area contributed by atoms with Crippen LogP contribution in [0, 0.1) is 7.14 Å². The second kappa shape index (κ2) is 6.86. The molecule has 25 heavy (non-hydrogen) atoms. The standard InChI is InChI=1S/C17H17I2N3O2S/c1-22-4-3-9-12(7-22)25-17-13(9)16(23)20-15(21-17)10-5-8(18)6-11(19)14(10)24-2/h5-6,15,21H,3-4,7H2,1-2H3,(H,20,23)/t15-/m0/s1. The van der Waals surface area contributed by atoms with Crippen LogP contribution < -0.4 is 15.4 Å². The second-order valence-corrected chi connectivity index (χ2v) is 9.77. The summed E-state index contributed by atoms with van der Waals surface area (Å²) in [5, 5.41) is 7.62. The van der Waals surface area contributed by atoms with Gasteiger partial charge in [0, 0.05) is 27.1 Å². The van der Waals surface area contributed by atoms with Crippen molar-refractivity contribution in [1.29, 1.82) is 0 Å². The molecule has 1 aromatic carbocycles. The summed E-state index contributed by atoms with van der Waals surface area (Å²) in [4.78, 5) is 16.4. The van der Waals surface area contributed by atoms with E-state index in [1.807, 2.05) is 0 Å². The molecule has 0 saturated heterocycles. The highest BCUT2D eigenvalue weighted by molar-refractivity contribution is 14.1. The summed E-state index contributed by atoms with van der Waals surface area (Å²) in [6.45, 7) is 1.91. The summed E-state index contributed by atoms with van der Waals surface area (Å²) >= 11 is 6.27. The average Bonchev–Trinajstić information content (AvgIpc) is 2.91. The number of fused-ring (bicyclic) bond motifs is 3. The Balaban J connectivity index is 1.75. The molecule has 0 radical (unpaired) electrons. The number of anilines is 1. The van der Waals surface area contributed by atoms with Gasteiger partial charge in [-0.2, -0.15) is 0 Å². The zero-order valence-electron chi connectivity index (χ0n) is 13.8. The van der Waals surface area contributed by atoms with Crippen LogP contribution in [0.15, 0.2) is 12.1 Å². The van der Waals surface area contributed by atoms with Crippen molar-refractivity contribution in [2.24, 2.45) is 0 Å². The van der Waals surface area contributed by atoms with Gasteiger partial charge in [0.1, 0.15) is 16.9 Å². The van der Waals surface area contributed by atoms with Crippen molar-refractivity contribution in [2.45, 2.75) is 19.1 Å². The first-order chi connectivity index (χ1) is 12.0. The van der Waals surface area contributed by atoms with Gasteiger partial charge in [-0.15, -0.1) is 11.3 Å². The van der Waals surface area contributed by atoms with Crippen LogP contribution in [0.3, 0.4) is 0 Å². The summed E-state index contributed by atoms with van der Waals surface area (Å²) < 4.78 is 7.75. The summed E-state index contributed by atoms with van der Waals surface area (Å²) in [7, 11) is 3.79. The lowest BCUT2D eigenvalue weighted by Crippen LogP contribution is -2.39. The maximum atomic E-state index is 12.9. The Kier molecular flexibility index (Phi) is 4.88. The predicted octanol–water partition coefficient (Wildman–Crippen LogP) is 3.81. The zero-order chi connectivity index (χ0) is 17.7. The van der Waals surface area contributed by atoms with E-state index >= 15 is 0 Å². The summed E-state index contributed by atoms with van der Waals surface area (Å²) in [6, 6.07) is 4.13. The van der Waals surface area contributed by atoms with Gasteiger partial charge in [-0.25, -0.2) is 0 Å². The van der Waals surface area contributed by atoms with Crippen LogP contribution in [-0.4, -0.2) is 31.5 Å². The quantitative estimate of drug-likeness (QED) is 0.531. The molecule has 1 amide bonds. The summed E-state index contributed by atoms with van der Waals surface area (Å²) in [5.41, 5.74) is 3.01. The first-order valence-corrected chi connectivity index (χ1v) is 10.9. The molecule has 0 saturated carbocycles. The monoisotopic (exact) mass is 581 g/mol. The highest BCUT2D eigenvalue weighted by Gasteiger charge is 2.34. The fourth-order valence-electron chi connectivity index (χ4n) is 3.41. The number of hydrogen-bond donors (Lipinski definition) is 2. The lowest BCUT2D eigenvalue weighted by Gasteiger charge is -2.28. The molecule has 132 valence electrons. The Hall–Kier alpha value is -0.590. The van der Waals surface area contributed by atoms with Crippen molar-refractivity contribution >= 4 is 67.4 Å². The van der Waals surface area contributed by atoms with Crippen LogP contribution in [0.2, 0.25) is 0 Å². The fraction of sp³-hybridized carbons (Fsp3) is 0.353. The third-order valence-corrected chi connectivity index (χ3v) is 7.15. The SMILES string of the molecule is COc1c(I)cc(I)cc1[C@H]1NC(=O)c2c(sc3c2CCN(C)C3)N1. The number of halogens is 2. The molecule has 0 unspecified atom stereocenters. The van der Waals surface area contributed by atoms with Gasteiger partial charge < -0.3 is 20.3 Å². The number of benzene rings is 1. The smallest absolute Gasteiger partial charge is 0.256 e. The van der Waals surface area contributed by atoms with Crippen molar-refractivity contribution in [3.05, 3.63) is 40.8 Å². The van der Waals surface area contributed by atoms with Gasteiger partial charge in [-0.05, 0) is 76.3 Å². The van der Waals surface area contributed by atoms with Gasteiger partial charge in [0.15, 0.2) is 0 Å². The maximum absolute atomic E-state index is 12.9. The van der Waals surface area contributed by atoms with Gasteiger partial charge >= 0.3 is 0 Å². The number of carbonyl (C=O) groups excluding carboxylic acids is 1. The lowest BCUT2D eigenvalue weighted by atomic mass is 10.0. The third-order valence-electron chi connectivity index (χ3n) is 4.58. The molecular formula is C17H17I2N3O2S. The zero-order valence-corrected chi connectivity index (χ0v) is 18.9. The molecule has 1 atom stereocenters. The Morgan fingerprint density at radius 2 is 2.12 bits per heavy atom. The molecule has 0 aliphatic carbocycles. The van der Waals surface area contributed by atoms with E-state index in [0.717, 1.165) is 48.5 Å². The van der Waals surface area contributed by atoms with Gasteiger partial charge in [-0.3, -0.25) is 4.79 Å². The van der Waals surface area contributed by atoms with Crippen LogP contribution in [-0.2, 0) is 13.0 Å². The van der Waals surface area contributed by atoms with E-state index < -0.39 is 0 Å². The van der Waals surface area contributed by atoms with Crippen molar-refractivity contribution in [2.75, 3.05) is 26.0 Å². The predicted molar refractivity (Wildman–Crippen MR) is 117 cm³/mol. The molecule has 0 bridgehead atoms. The molecule has 1 aromatic heterocycles. The largest absolute Gasteiger partial charge is 0.495 e. The topological polar surface area (TPSA) is 53.6 Å². The minimum atomic E-state index is -0.281. The molecule has 4 rings (SSSR count). The molecular weight excluding hydrogens is 564 g/mol. The normalized spacial score (nSPS) is 19.7. The summed E-state index contributed by atoms with van der Waals surface area (Å²) in [6.07, 6.45) is 0.651. The Morgan fingerprint density at radius 3 is 2.88 bits per heavy atom. The molecule has 5 nitrogen and oxygen atoms in total. The Bertz CT molecular complexity index is 868. The lowest BCUT2D eigenvalue weighted by molar-refractivity contribution is 0.0934. The van der Waals surface area contributed by atoms with Crippen LogP contribution in [0.5, 0.6) is 5.75 Å². The van der Waals surface area contributed by atoms with E-state index in [0.29, 0.717) is 0 Å². The van der Waals surface area contributed by atoms with E-state index in [2.05, 4.69) is 79.9 Å². The van der Waals surface area contributed by atoms with Crippen molar-refractivity contribution in [1.82, 2.24) is 10.2 Å². The van der Waals surface area contributed by atoms with Gasteiger partial charge in [0.2, 0.25) is 0 Å². The third kappa shape index (κ3) is 3.15. The van der Waals surface area contributed by atoms with Gasteiger partial charge in [0.05, 0.1) is 16.2 Å². The van der Waals surface area contributed by atoms with Crippen molar-refractivity contribution < 1.29 is 9.53 Å². The molecule has 0 spiro atoms. The Labute approximate surface area is 177 Å². The number of methoxy groups -OCH3 is 1. The van der Waals surface area contributed by atoms with Gasteiger partial charge in [0.25, 0.3) is 5.91 Å². The van der Waals surface area contributed by atoms with Crippen LogP contribution in [0.25, 0.3) is 0 Å². The number of likely N-dealkylation sites (N-methyl/N-ethyl adjacent to an activating group) is 1. The van der Waals surface area contributed by atoms with Crippen LogP contribution in [0.1, 0.15) is 32.5 Å². The van der Waals surface area contributed by atoms with Crippen molar-refractivity contribution in [3.8, 4) is 5.75 Å². The minimum Gasteiger partial charge on any atom is -0.495 e. The molecule has 3 heterocycles. The summed E-state index contributed by atoms with van der Waals surface area (Å²) in [5.74, 6) is 0.819. The molecule has 0 fully saturated rings. The number of nitrogens with zero attached hydrogens (tertiary/aromatic N) is 1. The maximum Gasteiger partial charge on any atom is 0.256 e. The van der Waals surface area contributed by atoms with E-state index in [4.69, 9.17) is 4.74 Å². The van der Waals surface area contributed by atoms with Crippen LogP contribution >= 0.6 is 56.5 Å². The number of carbonyl (C=O) groups is 1. The number of amides is 1. The van der Waals surface area contributed by atoms with E-state index in [1.165, 1.54) is 10.4 Å². The van der Waals surface area contributed by atoms with Gasteiger partial charge in [-0.1, -0.05) is 0 Å². The average molecular weight is 581 g/mol. The highest BCUT2D eigenvalue weighted by Crippen LogP contribution is 2.42. The number of thiophene rings is 1. The molecule has 2 aliphatic rings. The molecule has 2 aromatic rings.